The molecule has 2 fully saturated rings. The monoisotopic (exact) mass is 303 g/mol. The van der Waals surface area contributed by atoms with Crippen molar-refractivity contribution in [2.24, 2.45) is 5.92 Å². The molecule has 1 aromatic heterocycles. The number of nitrogens with one attached hydrogen (secondary N) is 1. The third-order valence-corrected chi connectivity index (χ3v) is 4.73. The predicted octanol–water partition coefficient (Wildman–Crippen LogP) is 1.70. The number of carbonyl (C=O) groups excluding carboxylic acids is 1. The van der Waals surface area contributed by atoms with E-state index in [1.54, 1.807) is 24.5 Å². The summed E-state index contributed by atoms with van der Waals surface area (Å²) in [5.41, 5.74) is 0.745. The SMILES string of the molecule is O=C(c1ccncc1)N1CCC(CCC2CNCCO2)CC1. The molecule has 0 spiro atoms. The van der Waals surface area contributed by atoms with Crippen LogP contribution in [0.2, 0.25) is 0 Å². The lowest BCUT2D eigenvalue weighted by Crippen LogP contribution is -2.40. The van der Waals surface area contributed by atoms with Crippen LogP contribution in [-0.2, 0) is 4.74 Å². The smallest absolute Gasteiger partial charge is 0.253 e. The van der Waals surface area contributed by atoms with Crippen molar-refractivity contribution in [1.82, 2.24) is 15.2 Å². The van der Waals surface area contributed by atoms with Gasteiger partial charge in [0.05, 0.1) is 12.7 Å². The van der Waals surface area contributed by atoms with Crippen molar-refractivity contribution >= 4 is 5.91 Å². The van der Waals surface area contributed by atoms with Gasteiger partial charge in [0, 0.05) is 44.1 Å². The third-order valence-electron chi connectivity index (χ3n) is 4.73. The van der Waals surface area contributed by atoms with Gasteiger partial charge < -0.3 is 15.0 Å². The Balaban J connectivity index is 1.41. The Morgan fingerprint density at radius 2 is 2.05 bits per heavy atom. The van der Waals surface area contributed by atoms with Gasteiger partial charge >= 0.3 is 0 Å². The number of morpholine rings is 1. The van der Waals surface area contributed by atoms with Gasteiger partial charge in [0.15, 0.2) is 0 Å². The zero-order valence-electron chi connectivity index (χ0n) is 13.0. The van der Waals surface area contributed by atoms with E-state index in [1.807, 2.05) is 4.90 Å². The molecule has 1 unspecified atom stereocenters. The van der Waals surface area contributed by atoms with Gasteiger partial charge in [0.1, 0.15) is 0 Å². The summed E-state index contributed by atoms with van der Waals surface area (Å²) >= 11 is 0. The lowest BCUT2D eigenvalue weighted by molar-refractivity contribution is 0.0175. The molecular formula is C17H25N3O2. The fourth-order valence-corrected chi connectivity index (χ4v) is 3.33. The number of aromatic nitrogens is 1. The number of pyridine rings is 1. The van der Waals surface area contributed by atoms with Gasteiger partial charge in [0.2, 0.25) is 0 Å². The first kappa shape index (κ1) is 15.4. The summed E-state index contributed by atoms with van der Waals surface area (Å²) in [6, 6.07) is 3.59. The molecule has 1 N–H and O–H groups in total. The Morgan fingerprint density at radius 3 is 2.73 bits per heavy atom. The molecule has 22 heavy (non-hydrogen) atoms. The molecule has 1 aromatic rings. The normalized spacial score (nSPS) is 23.5. The van der Waals surface area contributed by atoms with E-state index in [9.17, 15) is 4.79 Å². The van der Waals surface area contributed by atoms with E-state index in [4.69, 9.17) is 4.74 Å². The van der Waals surface area contributed by atoms with Gasteiger partial charge in [-0.3, -0.25) is 9.78 Å². The second kappa shape index (κ2) is 7.70. The van der Waals surface area contributed by atoms with Crippen molar-refractivity contribution in [1.29, 1.82) is 0 Å². The van der Waals surface area contributed by atoms with Crippen LogP contribution in [0.5, 0.6) is 0 Å². The van der Waals surface area contributed by atoms with Crippen molar-refractivity contribution in [3.63, 3.8) is 0 Å². The number of rotatable bonds is 4. The van der Waals surface area contributed by atoms with Gasteiger partial charge in [-0.2, -0.15) is 0 Å². The van der Waals surface area contributed by atoms with Gasteiger partial charge in [-0.05, 0) is 43.7 Å². The van der Waals surface area contributed by atoms with Gasteiger partial charge in [-0.1, -0.05) is 0 Å². The minimum atomic E-state index is 0.140. The van der Waals surface area contributed by atoms with Gasteiger partial charge in [0.25, 0.3) is 5.91 Å². The Morgan fingerprint density at radius 1 is 1.27 bits per heavy atom. The summed E-state index contributed by atoms with van der Waals surface area (Å²) in [6.07, 6.45) is 8.30. The summed E-state index contributed by atoms with van der Waals surface area (Å²) in [5.74, 6) is 0.868. The predicted molar refractivity (Wildman–Crippen MR) is 84.7 cm³/mol. The maximum absolute atomic E-state index is 12.4. The third kappa shape index (κ3) is 4.05. The topological polar surface area (TPSA) is 54.5 Å². The first-order valence-corrected chi connectivity index (χ1v) is 8.34. The average molecular weight is 303 g/mol. The summed E-state index contributed by atoms with van der Waals surface area (Å²) < 4.78 is 5.75. The molecule has 0 aromatic carbocycles. The maximum atomic E-state index is 12.4. The van der Waals surface area contributed by atoms with Crippen molar-refractivity contribution in [3.05, 3.63) is 30.1 Å². The summed E-state index contributed by atoms with van der Waals surface area (Å²) in [4.78, 5) is 18.3. The lowest BCUT2D eigenvalue weighted by Gasteiger charge is -2.33. The van der Waals surface area contributed by atoms with Crippen LogP contribution >= 0.6 is 0 Å². The van der Waals surface area contributed by atoms with Crippen LogP contribution in [0.25, 0.3) is 0 Å². The minimum absolute atomic E-state index is 0.140. The Kier molecular flexibility index (Phi) is 5.40. The highest BCUT2D eigenvalue weighted by Crippen LogP contribution is 2.24. The van der Waals surface area contributed by atoms with Crippen LogP contribution in [0.15, 0.2) is 24.5 Å². The quantitative estimate of drug-likeness (QED) is 0.920. The van der Waals surface area contributed by atoms with E-state index in [0.29, 0.717) is 6.10 Å². The molecule has 5 heteroatoms. The molecule has 0 aliphatic carbocycles. The van der Waals surface area contributed by atoms with E-state index >= 15 is 0 Å². The second-order valence-corrected chi connectivity index (χ2v) is 6.25. The molecule has 2 aliphatic rings. The molecule has 3 rings (SSSR count). The largest absolute Gasteiger partial charge is 0.376 e. The second-order valence-electron chi connectivity index (χ2n) is 6.25. The highest BCUT2D eigenvalue weighted by molar-refractivity contribution is 5.94. The molecule has 5 nitrogen and oxygen atoms in total. The highest BCUT2D eigenvalue weighted by Gasteiger charge is 2.24. The molecule has 1 atom stereocenters. The van der Waals surface area contributed by atoms with Crippen LogP contribution in [0.1, 0.15) is 36.0 Å². The summed E-state index contributed by atoms with van der Waals surface area (Å²) in [7, 11) is 0. The van der Waals surface area contributed by atoms with Crippen LogP contribution in [-0.4, -0.2) is 54.7 Å². The number of ether oxygens (including phenoxy) is 1. The molecule has 0 radical (unpaired) electrons. The highest BCUT2D eigenvalue weighted by atomic mass is 16.5. The van der Waals surface area contributed by atoms with Gasteiger partial charge in [-0.25, -0.2) is 0 Å². The standard InChI is InChI=1S/C17H25N3O2/c21-17(15-3-7-18-8-4-15)20-10-5-14(6-11-20)1-2-16-13-19-9-12-22-16/h3-4,7-8,14,16,19H,1-2,5-6,9-13H2. The fraction of sp³-hybridized carbons (Fsp3) is 0.647. The zero-order chi connectivity index (χ0) is 15.2. The molecular weight excluding hydrogens is 278 g/mol. The first-order chi connectivity index (χ1) is 10.8. The Bertz CT molecular complexity index is 466. The zero-order valence-corrected chi connectivity index (χ0v) is 13.0. The molecule has 0 bridgehead atoms. The van der Waals surface area contributed by atoms with Crippen molar-refractivity contribution in [2.45, 2.75) is 31.8 Å². The van der Waals surface area contributed by atoms with E-state index in [1.165, 1.54) is 6.42 Å². The maximum Gasteiger partial charge on any atom is 0.253 e. The lowest BCUT2D eigenvalue weighted by atomic mass is 9.90. The number of likely N-dealkylation sites (tertiary alicyclic amines) is 1. The van der Waals surface area contributed by atoms with E-state index in [-0.39, 0.29) is 5.91 Å². The first-order valence-electron chi connectivity index (χ1n) is 8.34. The number of hydrogen-bond acceptors (Lipinski definition) is 4. The molecule has 0 saturated carbocycles. The number of carbonyl (C=O) groups is 1. The van der Waals surface area contributed by atoms with Crippen LogP contribution in [0.4, 0.5) is 0 Å². The van der Waals surface area contributed by atoms with Gasteiger partial charge in [-0.15, -0.1) is 0 Å². The van der Waals surface area contributed by atoms with Crippen LogP contribution in [0, 0.1) is 5.92 Å². The summed E-state index contributed by atoms with van der Waals surface area (Å²) in [5, 5.41) is 3.38. The number of nitrogens with zero attached hydrogens (tertiary/aromatic N) is 2. The van der Waals surface area contributed by atoms with E-state index in [2.05, 4.69) is 10.3 Å². The number of piperidine rings is 1. The van der Waals surface area contributed by atoms with E-state index in [0.717, 1.165) is 63.5 Å². The molecule has 1 amide bonds. The van der Waals surface area contributed by atoms with Crippen molar-refractivity contribution in [3.8, 4) is 0 Å². The number of amides is 1. The minimum Gasteiger partial charge on any atom is -0.376 e. The van der Waals surface area contributed by atoms with Crippen LogP contribution in [0.3, 0.4) is 0 Å². The molecule has 120 valence electrons. The summed E-state index contributed by atoms with van der Waals surface area (Å²) in [6.45, 7) is 4.54. The average Bonchev–Trinajstić information content (AvgIpc) is 2.61. The molecule has 3 heterocycles. The number of hydrogen-bond donors (Lipinski definition) is 1. The Hall–Kier alpha value is -1.46. The van der Waals surface area contributed by atoms with Crippen molar-refractivity contribution < 1.29 is 9.53 Å². The fourth-order valence-electron chi connectivity index (χ4n) is 3.33. The van der Waals surface area contributed by atoms with E-state index < -0.39 is 0 Å². The van der Waals surface area contributed by atoms with Crippen LogP contribution < -0.4 is 5.32 Å². The molecule has 2 saturated heterocycles. The van der Waals surface area contributed by atoms with Crippen molar-refractivity contribution in [2.75, 3.05) is 32.8 Å². The Labute approximate surface area is 132 Å². The molecule has 2 aliphatic heterocycles.